The Labute approximate surface area is 167 Å². The summed E-state index contributed by atoms with van der Waals surface area (Å²) in [7, 11) is 0. The first-order chi connectivity index (χ1) is 13.5. The van der Waals surface area contributed by atoms with Gasteiger partial charge >= 0.3 is 0 Å². The van der Waals surface area contributed by atoms with E-state index in [-0.39, 0.29) is 23.8 Å². The molecule has 1 saturated heterocycles. The van der Waals surface area contributed by atoms with Crippen molar-refractivity contribution in [2.75, 3.05) is 13.1 Å². The lowest BCUT2D eigenvalue weighted by Crippen LogP contribution is -2.57. The summed E-state index contributed by atoms with van der Waals surface area (Å²) in [4.78, 5) is 27.4. The summed E-state index contributed by atoms with van der Waals surface area (Å²) < 4.78 is 5.25. The summed E-state index contributed by atoms with van der Waals surface area (Å²) in [6.07, 6.45) is 11.4. The summed E-state index contributed by atoms with van der Waals surface area (Å²) in [5.41, 5.74) is 0.322. The van der Waals surface area contributed by atoms with Crippen LogP contribution in [0.25, 0.3) is 0 Å². The van der Waals surface area contributed by atoms with Gasteiger partial charge in [0.2, 0.25) is 5.91 Å². The second kappa shape index (κ2) is 6.93. The molecule has 1 aliphatic heterocycles. The lowest BCUT2D eigenvalue weighted by atomic mass is 9.48. The number of carbonyl (C=O) groups is 2. The van der Waals surface area contributed by atoms with Gasteiger partial charge in [0.1, 0.15) is 0 Å². The van der Waals surface area contributed by atoms with E-state index in [1.54, 1.807) is 17.0 Å². The molecule has 0 radical (unpaired) electrons. The molecule has 28 heavy (non-hydrogen) atoms. The van der Waals surface area contributed by atoms with Crippen LogP contribution in [0, 0.1) is 29.1 Å². The fourth-order valence-electron chi connectivity index (χ4n) is 7.12. The number of nitrogens with zero attached hydrogens (tertiary/aromatic N) is 1. The third kappa shape index (κ3) is 3.17. The van der Waals surface area contributed by atoms with Gasteiger partial charge in [-0.15, -0.1) is 0 Å². The molecule has 1 aromatic rings. The van der Waals surface area contributed by atoms with Crippen molar-refractivity contribution < 1.29 is 14.0 Å². The maximum absolute atomic E-state index is 13.1. The Morgan fingerprint density at radius 1 is 1.18 bits per heavy atom. The number of likely N-dealkylation sites (tertiary alicyclic amines) is 1. The van der Waals surface area contributed by atoms with E-state index < -0.39 is 0 Å². The van der Waals surface area contributed by atoms with E-state index in [0.717, 1.165) is 30.6 Å². The predicted molar refractivity (Wildman–Crippen MR) is 106 cm³/mol. The molecule has 2 amide bonds. The average molecular weight is 385 g/mol. The van der Waals surface area contributed by atoms with Crippen molar-refractivity contribution in [3.8, 4) is 0 Å². The van der Waals surface area contributed by atoms with Gasteiger partial charge in [-0.2, -0.15) is 0 Å². The van der Waals surface area contributed by atoms with Gasteiger partial charge in [0, 0.05) is 19.1 Å². The molecule has 2 atom stereocenters. The summed E-state index contributed by atoms with van der Waals surface area (Å²) in [6.45, 7) is 3.44. The minimum atomic E-state index is -0.107. The molecule has 5 fully saturated rings. The molecule has 4 bridgehead atoms. The Balaban J connectivity index is 1.22. The Kier molecular flexibility index (Phi) is 4.52. The highest BCUT2D eigenvalue weighted by Gasteiger charge is 2.53. The maximum atomic E-state index is 13.1. The summed E-state index contributed by atoms with van der Waals surface area (Å²) >= 11 is 0. The monoisotopic (exact) mass is 384 g/mol. The third-order valence-electron chi connectivity index (χ3n) is 8.17. The molecule has 5 heteroatoms. The zero-order valence-corrected chi connectivity index (χ0v) is 16.9. The number of amides is 2. The zero-order chi connectivity index (χ0) is 19.3. The second-order valence-corrected chi connectivity index (χ2v) is 10.1. The molecule has 0 aromatic carbocycles. The molecule has 5 nitrogen and oxygen atoms in total. The molecular formula is C23H32N2O3. The van der Waals surface area contributed by atoms with Gasteiger partial charge in [0.05, 0.1) is 12.2 Å². The number of hydrogen-bond donors (Lipinski definition) is 1. The molecule has 4 saturated carbocycles. The van der Waals surface area contributed by atoms with E-state index in [0.29, 0.717) is 24.3 Å². The molecule has 152 valence electrons. The summed E-state index contributed by atoms with van der Waals surface area (Å²) in [5, 5.41) is 3.40. The van der Waals surface area contributed by atoms with Gasteiger partial charge in [0.25, 0.3) is 5.91 Å². The van der Waals surface area contributed by atoms with Crippen LogP contribution >= 0.6 is 0 Å². The maximum Gasteiger partial charge on any atom is 0.289 e. The quantitative estimate of drug-likeness (QED) is 0.858. The van der Waals surface area contributed by atoms with Crippen molar-refractivity contribution in [3.63, 3.8) is 0 Å². The van der Waals surface area contributed by atoms with Crippen molar-refractivity contribution in [2.45, 2.75) is 64.3 Å². The van der Waals surface area contributed by atoms with Crippen molar-refractivity contribution in [1.82, 2.24) is 10.2 Å². The lowest BCUT2D eigenvalue weighted by Gasteiger charge is -2.59. The van der Waals surface area contributed by atoms with E-state index >= 15 is 0 Å². The Hall–Kier alpha value is -1.78. The predicted octanol–water partition coefficient (Wildman–Crippen LogP) is 3.85. The van der Waals surface area contributed by atoms with Crippen LogP contribution in [0.4, 0.5) is 0 Å². The SMILES string of the molecule is C[C@@H](NC(=O)[C@@H]1CCCN(C(=O)c2ccco2)C1)C12CC3CC(CC(C3)C1)C2. The molecule has 1 aromatic heterocycles. The summed E-state index contributed by atoms with van der Waals surface area (Å²) in [6, 6.07) is 3.67. The molecule has 0 spiro atoms. The van der Waals surface area contributed by atoms with Crippen LogP contribution in [0.1, 0.15) is 68.8 Å². The third-order valence-corrected chi connectivity index (χ3v) is 8.17. The smallest absolute Gasteiger partial charge is 0.289 e. The number of carbonyl (C=O) groups excluding carboxylic acids is 2. The van der Waals surface area contributed by atoms with E-state index in [4.69, 9.17) is 4.42 Å². The molecule has 1 N–H and O–H groups in total. The van der Waals surface area contributed by atoms with Crippen LogP contribution in [-0.4, -0.2) is 35.8 Å². The first kappa shape index (κ1) is 18.3. The standard InChI is InChI=1S/C23H32N2O3/c1-15(23-11-16-8-17(12-23)10-18(9-16)13-23)24-21(26)19-4-2-6-25(14-19)22(27)20-5-3-7-28-20/h3,5,7,15-19H,2,4,6,8-14H2,1H3,(H,24,26)/t15-,16?,17?,18?,19-,23?/m1/s1. The number of hydrogen-bond acceptors (Lipinski definition) is 3. The Morgan fingerprint density at radius 2 is 1.86 bits per heavy atom. The van der Waals surface area contributed by atoms with Gasteiger partial charge < -0.3 is 14.6 Å². The largest absolute Gasteiger partial charge is 0.459 e. The fraction of sp³-hybridized carbons (Fsp3) is 0.739. The van der Waals surface area contributed by atoms with Crippen LogP contribution in [-0.2, 0) is 4.79 Å². The van der Waals surface area contributed by atoms with Gasteiger partial charge in [-0.05, 0) is 93.6 Å². The number of nitrogens with one attached hydrogen (secondary N) is 1. The van der Waals surface area contributed by atoms with Crippen LogP contribution in [0.5, 0.6) is 0 Å². The van der Waals surface area contributed by atoms with E-state index in [9.17, 15) is 9.59 Å². The molecule has 6 rings (SSSR count). The minimum absolute atomic E-state index is 0.100. The molecular weight excluding hydrogens is 352 g/mol. The molecule has 2 heterocycles. The molecule has 4 aliphatic carbocycles. The second-order valence-electron chi connectivity index (χ2n) is 10.1. The highest BCUT2D eigenvalue weighted by molar-refractivity contribution is 5.92. The lowest BCUT2D eigenvalue weighted by molar-refractivity contribution is -0.131. The fourth-order valence-corrected chi connectivity index (χ4v) is 7.12. The number of rotatable bonds is 4. The van der Waals surface area contributed by atoms with Crippen LogP contribution < -0.4 is 5.32 Å². The minimum Gasteiger partial charge on any atom is -0.459 e. The molecule has 0 unspecified atom stereocenters. The number of piperidine rings is 1. The van der Waals surface area contributed by atoms with Gasteiger partial charge in [-0.25, -0.2) is 0 Å². The van der Waals surface area contributed by atoms with E-state index in [1.807, 2.05) is 0 Å². The zero-order valence-electron chi connectivity index (χ0n) is 16.9. The van der Waals surface area contributed by atoms with Crippen LogP contribution in [0.15, 0.2) is 22.8 Å². The van der Waals surface area contributed by atoms with E-state index in [2.05, 4.69) is 12.2 Å². The summed E-state index contributed by atoms with van der Waals surface area (Å²) in [5.74, 6) is 2.97. The van der Waals surface area contributed by atoms with Crippen molar-refractivity contribution in [3.05, 3.63) is 24.2 Å². The first-order valence-corrected chi connectivity index (χ1v) is 11.2. The normalized spacial score (nSPS) is 37.7. The highest BCUT2D eigenvalue weighted by Crippen LogP contribution is 2.61. The van der Waals surface area contributed by atoms with E-state index in [1.165, 1.54) is 44.8 Å². The van der Waals surface area contributed by atoms with Gasteiger partial charge in [0.15, 0.2) is 5.76 Å². The molecule has 5 aliphatic rings. The van der Waals surface area contributed by atoms with Crippen molar-refractivity contribution >= 4 is 11.8 Å². The van der Waals surface area contributed by atoms with Gasteiger partial charge in [-0.3, -0.25) is 9.59 Å². The topological polar surface area (TPSA) is 62.6 Å². The average Bonchev–Trinajstić information content (AvgIpc) is 3.21. The Bertz CT molecular complexity index is 706. The first-order valence-electron chi connectivity index (χ1n) is 11.2. The van der Waals surface area contributed by atoms with Crippen LogP contribution in [0.3, 0.4) is 0 Å². The van der Waals surface area contributed by atoms with Crippen molar-refractivity contribution in [2.24, 2.45) is 29.1 Å². The van der Waals surface area contributed by atoms with Crippen molar-refractivity contribution in [1.29, 1.82) is 0 Å². The van der Waals surface area contributed by atoms with Gasteiger partial charge in [-0.1, -0.05) is 0 Å². The number of furan rings is 1. The highest BCUT2D eigenvalue weighted by atomic mass is 16.3. The Morgan fingerprint density at radius 3 is 2.46 bits per heavy atom. The van der Waals surface area contributed by atoms with Crippen LogP contribution in [0.2, 0.25) is 0 Å².